The molecular formula is C15H14Cl2N2O3S. The molecule has 0 unspecified atom stereocenters. The fourth-order valence-corrected chi connectivity index (χ4v) is 4.17. The van der Waals surface area contributed by atoms with Crippen LogP contribution in [0.15, 0.2) is 27.8 Å². The third kappa shape index (κ3) is 3.82. The second-order valence-corrected chi connectivity index (χ2v) is 7.37. The van der Waals surface area contributed by atoms with Crippen molar-refractivity contribution in [2.75, 3.05) is 7.11 Å². The van der Waals surface area contributed by atoms with Crippen molar-refractivity contribution in [2.45, 2.75) is 29.7 Å². The van der Waals surface area contributed by atoms with Gasteiger partial charge < -0.3 is 9.15 Å². The Morgan fingerprint density at radius 2 is 2.17 bits per heavy atom. The van der Waals surface area contributed by atoms with Crippen LogP contribution in [-0.2, 0) is 9.53 Å². The number of hydrogen-bond acceptors (Lipinski definition) is 6. The lowest BCUT2D eigenvalue weighted by atomic mass is 10.1. The van der Waals surface area contributed by atoms with Crippen LogP contribution in [0, 0.1) is 5.92 Å². The van der Waals surface area contributed by atoms with E-state index >= 15 is 0 Å². The highest BCUT2D eigenvalue weighted by molar-refractivity contribution is 7.99. The molecule has 1 saturated carbocycles. The first kappa shape index (κ1) is 16.6. The molecule has 0 amide bonds. The van der Waals surface area contributed by atoms with Gasteiger partial charge in [-0.1, -0.05) is 35.0 Å². The van der Waals surface area contributed by atoms with Gasteiger partial charge in [0.05, 0.1) is 23.6 Å². The molecule has 5 nitrogen and oxygen atoms in total. The van der Waals surface area contributed by atoms with Gasteiger partial charge in [0.15, 0.2) is 0 Å². The molecule has 1 aliphatic rings. The number of hydrogen-bond donors (Lipinski definition) is 0. The molecule has 1 aliphatic carbocycles. The first-order chi connectivity index (χ1) is 11.1. The standard InChI is InChI=1S/C15H14Cl2N2O3S/c1-21-14(20)8-2-4-10(6-8)23-15-19-18-13(22-15)11-5-3-9(16)7-12(11)17/h3,5,7-8,10H,2,4,6H2,1H3/t8-,10-/m0/s1. The highest BCUT2D eigenvalue weighted by Crippen LogP contribution is 2.39. The van der Waals surface area contributed by atoms with Gasteiger partial charge in [-0.25, -0.2) is 0 Å². The number of carbonyl (C=O) groups is 1. The van der Waals surface area contributed by atoms with E-state index in [1.165, 1.54) is 18.9 Å². The largest absolute Gasteiger partial charge is 0.469 e. The van der Waals surface area contributed by atoms with Gasteiger partial charge in [-0.05, 0) is 37.5 Å². The average molecular weight is 373 g/mol. The number of rotatable bonds is 4. The third-order valence-corrected chi connectivity index (χ3v) is 5.43. The summed E-state index contributed by atoms with van der Waals surface area (Å²) < 4.78 is 10.5. The molecule has 1 aromatic heterocycles. The van der Waals surface area contributed by atoms with Gasteiger partial charge in [0.1, 0.15) is 0 Å². The molecule has 0 saturated heterocycles. The monoisotopic (exact) mass is 372 g/mol. The van der Waals surface area contributed by atoms with Gasteiger partial charge in [-0.15, -0.1) is 10.2 Å². The highest BCUT2D eigenvalue weighted by Gasteiger charge is 2.32. The molecule has 1 fully saturated rings. The molecule has 0 aliphatic heterocycles. The van der Waals surface area contributed by atoms with Crippen molar-refractivity contribution in [3.8, 4) is 11.5 Å². The lowest BCUT2D eigenvalue weighted by molar-refractivity contribution is -0.145. The van der Waals surface area contributed by atoms with Crippen molar-refractivity contribution in [2.24, 2.45) is 5.92 Å². The smallest absolute Gasteiger partial charge is 0.308 e. The molecule has 1 heterocycles. The Labute approximate surface area is 147 Å². The van der Waals surface area contributed by atoms with Crippen molar-refractivity contribution in [3.63, 3.8) is 0 Å². The molecule has 0 radical (unpaired) electrons. The zero-order valence-corrected chi connectivity index (χ0v) is 14.6. The number of esters is 1. The first-order valence-corrected chi connectivity index (χ1v) is 8.74. The van der Waals surface area contributed by atoms with E-state index in [-0.39, 0.29) is 17.1 Å². The van der Waals surface area contributed by atoms with Gasteiger partial charge >= 0.3 is 5.97 Å². The summed E-state index contributed by atoms with van der Waals surface area (Å²) >= 11 is 13.5. The summed E-state index contributed by atoms with van der Waals surface area (Å²) in [7, 11) is 1.42. The summed E-state index contributed by atoms with van der Waals surface area (Å²) in [5.74, 6) is 0.176. The van der Waals surface area contributed by atoms with E-state index in [9.17, 15) is 4.79 Å². The van der Waals surface area contributed by atoms with Crippen LogP contribution >= 0.6 is 35.0 Å². The Morgan fingerprint density at radius 1 is 1.35 bits per heavy atom. The van der Waals surface area contributed by atoms with Crippen molar-refractivity contribution >= 4 is 40.9 Å². The quantitative estimate of drug-likeness (QED) is 0.737. The molecule has 0 bridgehead atoms. The lowest BCUT2D eigenvalue weighted by Gasteiger charge is -2.07. The summed E-state index contributed by atoms with van der Waals surface area (Å²) in [6.07, 6.45) is 2.51. The molecule has 23 heavy (non-hydrogen) atoms. The Hall–Kier alpha value is -1.24. The number of benzene rings is 1. The Bertz CT molecular complexity index is 722. The molecule has 8 heteroatoms. The molecular weight excluding hydrogens is 359 g/mol. The summed E-state index contributed by atoms with van der Waals surface area (Å²) in [5.41, 5.74) is 0.647. The Morgan fingerprint density at radius 3 is 2.91 bits per heavy atom. The maximum Gasteiger partial charge on any atom is 0.308 e. The number of aromatic nitrogens is 2. The molecule has 2 atom stereocenters. The van der Waals surface area contributed by atoms with E-state index in [2.05, 4.69) is 10.2 Å². The van der Waals surface area contributed by atoms with Gasteiger partial charge in [0, 0.05) is 10.3 Å². The first-order valence-electron chi connectivity index (χ1n) is 7.10. The summed E-state index contributed by atoms with van der Waals surface area (Å²) in [4.78, 5) is 11.6. The van der Waals surface area contributed by atoms with Crippen molar-refractivity contribution in [3.05, 3.63) is 28.2 Å². The van der Waals surface area contributed by atoms with E-state index in [1.807, 2.05) is 0 Å². The molecule has 3 rings (SSSR count). The van der Waals surface area contributed by atoms with E-state index in [4.69, 9.17) is 32.4 Å². The topological polar surface area (TPSA) is 65.2 Å². The van der Waals surface area contributed by atoms with Crippen LogP contribution in [-0.4, -0.2) is 28.5 Å². The molecule has 1 aromatic carbocycles. The van der Waals surface area contributed by atoms with Crippen LogP contribution in [0.3, 0.4) is 0 Å². The number of ether oxygens (including phenoxy) is 1. The minimum Gasteiger partial charge on any atom is -0.469 e. The number of methoxy groups -OCH3 is 1. The van der Waals surface area contributed by atoms with E-state index in [1.54, 1.807) is 18.2 Å². The van der Waals surface area contributed by atoms with Crippen molar-refractivity contribution in [1.82, 2.24) is 10.2 Å². The van der Waals surface area contributed by atoms with Crippen LogP contribution in [0.5, 0.6) is 0 Å². The third-order valence-electron chi connectivity index (χ3n) is 3.75. The number of nitrogens with zero attached hydrogens (tertiary/aromatic N) is 2. The average Bonchev–Trinajstić information content (AvgIpc) is 3.16. The zero-order chi connectivity index (χ0) is 16.4. The second-order valence-electron chi connectivity index (χ2n) is 5.27. The second kappa shape index (κ2) is 7.11. The van der Waals surface area contributed by atoms with Crippen molar-refractivity contribution < 1.29 is 13.9 Å². The fraction of sp³-hybridized carbons (Fsp3) is 0.400. The minimum absolute atomic E-state index is 0.0365. The zero-order valence-electron chi connectivity index (χ0n) is 12.3. The lowest BCUT2D eigenvalue weighted by Crippen LogP contribution is -2.13. The highest BCUT2D eigenvalue weighted by atomic mass is 35.5. The molecule has 2 aromatic rings. The van der Waals surface area contributed by atoms with Crippen molar-refractivity contribution in [1.29, 1.82) is 0 Å². The Kier molecular flexibility index (Phi) is 5.14. The van der Waals surface area contributed by atoms with Crippen LogP contribution in [0.1, 0.15) is 19.3 Å². The molecule has 122 valence electrons. The van der Waals surface area contributed by atoms with Gasteiger partial charge in [0.2, 0.25) is 5.89 Å². The SMILES string of the molecule is COC(=O)[C@H]1CC[C@H](Sc2nnc(-c3ccc(Cl)cc3Cl)o2)C1. The minimum atomic E-state index is -0.146. The van der Waals surface area contributed by atoms with Gasteiger partial charge in [-0.2, -0.15) is 0 Å². The predicted molar refractivity (Wildman–Crippen MR) is 88.8 cm³/mol. The normalized spacial score (nSPS) is 20.7. The molecule has 0 spiro atoms. The maximum atomic E-state index is 11.6. The van der Waals surface area contributed by atoms with Gasteiger partial charge in [0.25, 0.3) is 5.22 Å². The summed E-state index contributed by atoms with van der Waals surface area (Å²) in [6, 6.07) is 5.10. The Balaban J connectivity index is 1.67. The van der Waals surface area contributed by atoms with E-state index < -0.39 is 0 Å². The van der Waals surface area contributed by atoms with E-state index in [0.717, 1.165) is 19.3 Å². The van der Waals surface area contributed by atoms with Gasteiger partial charge in [-0.3, -0.25) is 4.79 Å². The number of thioether (sulfide) groups is 1. The summed E-state index contributed by atoms with van der Waals surface area (Å²) in [5, 5.41) is 9.84. The summed E-state index contributed by atoms with van der Waals surface area (Å²) in [6.45, 7) is 0. The number of halogens is 2. The van der Waals surface area contributed by atoms with E-state index in [0.29, 0.717) is 26.7 Å². The maximum absolute atomic E-state index is 11.6. The van der Waals surface area contributed by atoms with Crippen LogP contribution in [0.4, 0.5) is 0 Å². The predicted octanol–water partition coefficient (Wildman–Crippen LogP) is 4.48. The molecule has 0 N–H and O–H groups in total. The fourth-order valence-electron chi connectivity index (χ4n) is 2.60. The van der Waals surface area contributed by atoms with Crippen LogP contribution < -0.4 is 0 Å². The van der Waals surface area contributed by atoms with Crippen LogP contribution in [0.25, 0.3) is 11.5 Å². The number of carbonyl (C=O) groups excluding carboxylic acids is 1. The van der Waals surface area contributed by atoms with Crippen LogP contribution in [0.2, 0.25) is 10.0 Å².